The number of carbonyl (C=O) groups is 3. The fourth-order valence-corrected chi connectivity index (χ4v) is 4.66. The molecule has 1 saturated heterocycles. The fraction of sp³-hybridized carbons (Fsp3) is 0.577. The summed E-state index contributed by atoms with van der Waals surface area (Å²) < 4.78 is 5.55. The number of hydrogen-bond donors (Lipinski definition) is 3. The van der Waals surface area contributed by atoms with E-state index >= 15 is 0 Å². The molecule has 0 radical (unpaired) electrons. The SMILES string of the molecule is CC(C)CC1NC(=O)OCC(c2ccccc2)CC/C=C/CC2(CCNC1=O)CCNC2=O. The van der Waals surface area contributed by atoms with E-state index in [0.29, 0.717) is 32.4 Å². The van der Waals surface area contributed by atoms with Gasteiger partial charge in [0.05, 0.1) is 5.41 Å². The third-order valence-electron chi connectivity index (χ3n) is 6.63. The van der Waals surface area contributed by atoms with Gasteiger partial charge < -0.3 is 20.7 Å². The van der Waals surface area contributed by atoms with Crippen LogP contribution in [0.2, 0.25) is 0 Å². The molecule has 0 aliphatic carbocycles. The molecule has 2 aliphatic heterocycles. The van der Waals surface area contributed by atoms with Gasteiger partial charge in [0.15, 0.2) is 0 Å². The number of hydrogen-bond acceptors (Lipinski definition) is 4. The maximum absolute atomic E-state index is 12.9. The molecule has 1 aromatic carbocycles. The third-order valence-corrected chi connectivity index (χ3v) is 6.63. The monoisotopic (exact) mass is 455 g/mol. The molecular weight excluding hydrogens is 418 g/mol. The number of cyclic esters (lactones) is 1. The van der Waals surface area contributed by atoms with E-state index in [1.807, 2.05) is 44.2 Å². The zero-order chi connectivity index (χ0) is 23.7. The minimum absolute atomic E-state index is 0.0515. The summed E-state index contributed by atoms with van der Waals surface area (Å²) >= 11 is 0. The number of alkyl carbamates (subject to hydrolysis) is 1. The van der Waals surface area contributed by atoms with Crippen molar-refractivity contribution in [2.75, 3.05) is 19.7 Å². The van der Waals surface area contributed by atoms with Crippen LogP contribution in [0, 0.1) is 11.3 Å². The number of carbonyl (C=O) groups excluding carboxylic acids is 3. The van der Waals surface area contributed by atoms with E-state index in [-0.39, 0.29) is 30.3 Å². The van der Waals surface area contributed by atoms with Crippen molar-refractivity contribution in [1.29, 1.82) is 0 Å². The van der Waals surface area contributed by atoms with Gasteiger partial charge in [-0.25, -0.2) is 4.79 Å². The number of rotatable bonds is 3. The molecule has 3 atom stereocenters. The largest absolute Gasteiger partial charge is 0.449 e. The molecule has 3 unspecified atom stereocenters. The molecule has 3 rings (SSSR count). The molecule has 3 N–H and O–H groups in total. The lowest BCUT2D eigenvalue weighted by Gasteiger charge is -2.26. The van der Waals surface area contributed by atoms with Gasteiger partial charge in [0, 0.05) is 19.0 Å². The van der Waals surface area contributed by atoms with Crippen LogP contribution < -0.4 is 16.0 Å². The molecule has 7 heteroatoms. The second-order valence-corrected chi connectivity index (χ2v) is 9.61. The lowest BCUT2D eigenvalue weighted by atomic mass is 9.79. The molecule has 3 amide bonds. The van der Waals surface area contributed by atoms with Crippen LogP contribution in [0.25, 0.3) is 0 Å². The predicted octanol–water partition coefficient (Wildman–Crippen LogP) is 3.66. The number of benzene rings is 1. The summed E-state index contributed by atoms with van der Waals surface area (Å²) in [7, 11) is 0. The Bertz CT molecular complexity index is 839. The molecule has 1 fully saturated rings. The Labute approximate surface area is 196 Å². The van der Waals surface area contributed by atoms with Gasteiger partial charge in [-0.2, -0.15) is 0 Å². The van der Waals surface area contributed by atoms with Crippen LogP contribution in [0.4, 0.5) is 4.79 Å². The van der Waals surface area contributed by atoms with Crippen LogP contribution >= 0.6 is 0 Å². The van der Waals surface area contributed by atoms with E-state index in [0.717, 1.165) is 24.8 Å². The van der Waals surface area contributed by atoms with Crippen LogP contribution in [0.1, 0.15) is 63.9 Å². The third kappa shape index (κ3) is 7.07. The van der Waals surface area contributed by atoms with E-state index in [1.165, 1.54) is 0 Å². The van der Waals surface area contributed by atoms with Crippen LogP contribution in [-0.2, 0) is 14.3 Å². The highest BCUT2D eigenvalue weighted by atomic mass is 16.5. The summed E-state index contributed by atoms with van der Waals surface area (Å²) in [6.45, 7) is 5.32. The van der Waals surface area contributed by atoms with Gasteiger partial charge in [-0.15, -0.1) is 0 Å². The second kappa shape index (κ2) is 11.9. The zero-order valence-electron chi connectivity index (χ0n) is 19.8. The molecule has 1 aromatic rings. The average Bonchev–Trinajstić information content (AvgIpc) is 3.15. The van der Waals surface area contributed by atoms with Crippen LogP contribution in [0.15, 0.2) is 42.5 Å². The van der Waals surface area contributed by atoms with E-state index < -0.39 is 17.6 Å². The number of allylic oxidation sites excluding steroid dienone is 2. The average molecular weight is 456 g/mol. The number of nitrogens with one attached hydrogen (secondary N) is 3. The van der Waals surface area contributed by atoms with Crippen molar-refractivity contribution in [3.05, 3.63) is 48.0 Å². The summed E-state index contributed by atoms with van der Waals surface area (Å²) in [4.78, 5) is 38.1. The summed E-state index contributed by atoms with van der Waals surface area (Å²) in [6.07, 6.45) is 7.79. The van der Waals surface area contributed by atoms with Gasteiger partial charge in [0.2, 0.25) is 11.8 Å². The lowest BCUT2D eigenvalue weighted by molar-refractivity contribution is -0.128. The van der Waals surface area contributed by atoms with E-state index in [4.69, 9.17) is 4.74 Å². The van der Waals surface area contributed by atoms with Gasteiger partial charge in [-0.05, 0) is 50.0 Å². The molecule has 7 nitrogen and oxygen atoms in total. The first-order valence-corrected chi connectivity index (χ1v) is 12.1. The topological polar surface area (TPSA) is 96.5 Å². The Morgan fingerprint density at radius 3 is 2.45 bits per heavy atom. The van der Waals surface area contributed by atoms with Gasteiger partial charge in [0.25, 0.3) is 0 Å². The molecule has 2 heterocycles. The molecule has 0 aromatic heterocycles. The zero-order valence-corrected chi connectivity index (χ0v) is 19.8. The van der Waals surface area contributed by atoms with Crippen molar-refractivity contribution in [1.82, 2.24) is 16.0 Å². The van der Waals surface area contributed by atoms with E-state index in [1.54, 1.807) is 0 Å². The quantitative estimate of drug-likeness (QED) is 0.606. The van der Waals surface area contributed by atoms with Gasteiger partial charge in [0.1, 0.15) is 12.6 Å². The second-order valence-electron chi connectivity index (χ2n) is 9.61. The molecule has 0 bridgehead atoms. The number of ether oxygens (including phenoxy) is 1. The van der Waals surface area contributed by atoms with Gasteiger partial charge in [-0.1, -0.05) is 56.3 Å². The van der Waals surface area contributed by atoms with Crippen molar-refractivity contribution in [3.63, 3.8) is 0 Å². The Hall–Kier alpha value is -2.83. The normalized spacial score (nSPS) is 28.6. The molecule has 0 saturated carbocycles. The first-order chi connectivity index (χ1) is 15.9. The molecule has 33 heavy (non-hydrogen) atoms. The van der Waals surface area contributed by atoms with Crippen molar-refractivity contribution < 1.29 is 19.1 Å². The minimum Gasteiger partial charge on any atom is -0.449 e. The van der Waals surface area contributed by atoms with Crippen molar-refractivity contribution in [2.24, 2.45) is 11.3 Å². The molecule has 2 aliphatic rings. The maximum atomic E-state index is 12.9. The van der Waals surface area contributed by atoms with Crippen LogP contribution in [0.5, 0.6) is 0 Å². The van der Waals surface area contributed by atoms with Crippen LogP contribution in [0.3, 0.4) is 0 Å². The van der Waals surface area contributed by atoms with Crippen molar-refractivity contribution >= 4 is 17.9 Å². The first-order valence-electron chi connectivity index (χ1n) is 12.1. The Kier molecular flexibility index (Phi) is 8.92. The first kappa shape index (κ1) is 24.8. The molecule has 1 spiro atoms. The molecular formula is C26H37N3O4. The lowest BCUT2D eigenvalue weighted by Crippen LogP contribution is -2.48. The smallest absolute Gasteiger partial charge is 0.407 e. The highest BCUT2D eigenvalue weighted by Gasteiger charge is 2.41. The van der Waals surface area contributed by atoms with Crippen molar-refractivity contribution in [2.45, 2.75) is 64.3 Å². The highest BCUT2D eigenvalue weighted by molar-refractivity contribution is 5.86. The Morgan fingerprint density at radius 1 is 1.03 bits per heavy atom. The highest BCUT2D eigenvalue weighted by Crippen LogP contribution is 2.35. The summed E-state index contributed by atoms with van der Waals surface area (Å²) in [5.74, 6) is 0.0954. The summed E-state index contributed by atoms with van der Waals surface area (Å²) in [6, 6.07) is 9.34. The molecule has 180 valence electrons. The van der Waals surface area contributed by atoms with E-state index in [2.05, 4.69) is 28.1 Å². The Morgan fingerprint density at radius 2 is 1.76 bits per heavy atom. The van der Waals surface area contributed by atoms with Gasteiger partial charge in [-0.3, -0.25) is 9.59 Å². The van der Waals surface area contributed by atoms with Crippen molar-refractivity contribution in [3.8, 4) is 0 Å². The Balaban J connectivity index is 1.79. The van der Waals surface area contributed by atoms with Gasteiger partial charge >= 0.3 is 6.09 Å². The van der Waals surface area contributed by atoms with E-state index in [9.17, 15) is 14.4 Å². The standard InChI is InChI=1S/C26H37N3O4/c1-19(2)17-22-23(30)27-15-13-26(14-16-28-24(26)31)12-8-4-7-11-21(18-33-25(32)29-22)20-9-5-3-6-10-20/h3-6,8-10,19,21-22H,7,11-18H2,1-2H3,(H,27,30)(H,28,31)(H,29,32)/b8-4+. The summed E-state index contributed by atoms with van der Waals surface area (Å²) in [5, 5.41) is 8.64. The summed E-state index contributed by atoms with van der Waals surface area (Å²) in [5.41, 5.74) is 0.627. The minimum atomic E-state index is -0.672. The predicted molar refractivity (Wildman–Crippen MR) is 128 cm³/mol. The number of amides is 3. The van der Waals surface area contributed by atoms with Crippen LogP contribution in [-0.4, -0.2) is 43.6 Å². The maximum Gasteiger partial charge on any atom is 0.407 e. The fourth-order valence-electron chi connectivity index (χ4n) is 4.66.